The van der Waals surface area contributed by atoms with Gasteiger partial charge in [0.1, 0.15) is 11.4 Å². The van der Waals surface area contributed by atoms with E-state index in [0.29, 0.717) is 11.7 Å². The van der Waals surface area contributed by atoms with Gasteiger partial charge in [-0.25, -0.2) is 4.79 Å². The van der Waals surface area contributed by atoms with Crippen LogP contribution in [0.3, 0.4) is 0 Å². The minimum absolute atomic E-state index is 0.160. The summed E-state index contributed by atoms with van der Waals surface area (Å²) in [4.78, 5) is 16.8. The lowest BCUT2D eigenvalue weighted by atomic mass is 9.77. The van der Waals surface area contributed by atoms with Crippen LogP contribution >= 0.6 is 0 Å². The van der Waals surface area contributed by atoms with Crippen molar-refractivity contribution in [3.8, 4) is 5.75 Å². The second kappa shape index (κ2) is 11.3. The van der Waals surface area contributed by atoms with E-state index in [-0.39, 0.29) is 17.5 Å². The largest absolute Gasteiger partial charge is 0.482 e. The Bertz CT molecular complexity index is 1820. The number of esters is 1. The van der Waals surface area contributed by atoms with Crippen LogP contribution in [0.1, 0.15) is 48.4 Å². The molecule has 5 aromatic carbocycles. The second-order valence-corrected chi connectivity index (χ2v) is 13.5. The Kier molecular flexibility index (Phi) is 7.16. The third-order valence-corrected chi connectivity index (χ3v) is 10.5. The number of hydrogen-bond acceptors (Lipinski definition) is 3. The van der Waals surface area contributed by atoms with Crippen LogP contribution in [0.25, 0.3) is 22.9 Å². The first kappa shape index (κ1) is 27.3. The van der Waals surface area contributed by atoms with Crippen molar-refractivity contribution in [2.75, 3.05) is 6.61 Å². The first-order chi connectivity index (χ1) is 21.0. The number of carbonyl (C=O) groups is 1. The van der Waals surface area contributed by atoms with Gasteiger partial charge in [-0.05, 0) is 96.3 Å². The summed E-state index contributed by atoms with van der Waals surface area (Å²) in [6.07, 6.45) is 10.0. The molecule has 0 fully saturated rings. The third kappa shape index (κ3) is 5.28. The maximum atomic E-state index is 13.1. The van der Waals surface area contributed by atoms with Gasteiger partial charge in [0.15, 0.2) is 21.3 Å². The summed E-state index contributed by atoms with van der Waals surface area (Å²) in [6, 6.07) is 37.7. The Hall–Kier alpha value is -4.54. The van der Waals surface area contributed by atoms with Crippen LogP contribution in [0.4, 0.5) is 0 Å². The van der Waals surface area contributed by atoms with Crippen molar-refractivity contribution in [2.45, 2.75) is 46.5 Å². The Morgan fingerprint density at radius 1 is 0.767 bits per heavy atom. The lowest BCUT2D eigenvalue weighted by molar-refractivity contribution is -0.159. The number of benzene rings is 5. The molecular weight excluding hydrogens is 548 g/mol. The predicted molar refractivity (Wildman–Crippen MR) is 175 cm³/mol. The molecule has 2 aliphatic rings. The fraction of sp³-hybridized carbons (Fsp3) is 0.154. The lowest BCUT2D eigenvalue weighted by Crippen LogP contribution is -2.29. The number of carbonyl (C=O) groups excluding carboxylic acids is 1. The average molecular weight is 582 g/mol. The van der Waals surface area contributed by atoms with Crippen LogP contribution in [-0.2, 0) is 26.0 Å². The zero-order valence-corrected chi connectivity index (χ0v) is 25.1. The zero-order chi connectivity index (χ0) is 29.4. The lowest BCUT2D eigenvalue weighted by Gasteiger charge is -2.31. The smallest absolute Gasteiger partial charge is 0.345 e. The molecule has 5 aromatic rings. The monoisotopic (exact) mass is 581 g/mol. The molecular formula is C39H33O3S+. The molecule has 43 heavy (non-hydrogen) atoms. The Labute approximate surface area is 255 Å². The maximum absolute atomic E-state index is 13.1. The molecule has 4 heteroatoms. The van der Waals surface area contributed by atoms with E-state index in [9.17, 15) is 4.79 Å². The molecule has 0 amide bonds. The molecule has 0 radical (unpaired) electrons. The van der Waals surface area contributed by atoms with Gasteiger partial charge >= 0.3 is 5.97 Å². The average Bonchev–Trinajstić information content (AvgIpc) is 3.04. The van der Waals surface area contributed by atoms with Crippen LogP contribution < -0.4 is 4.74 Å². The SMILES string of the molecule is CC(C)(OC(=O)COc1ccc([S+](c2ccccc2)c2ccccc2)cc1)c1ccc2c3c4c(ccc13)C=CCC4C=C2. The molecule has 1 unspecified atom stereocenters. The number of hydrogen-bond donors (Lipinski definition) is 0. The molecule has 2 aliphatic carbocycles. The molecule has 212 valence electrons. The minimum Gasteiger partial charge on any atom is -0.482 e. The molecule has 0 aromatic heterocycles. The molecule has 1 atom stereocenters. The topological polar surface area (TPSA) is 35.5 Å². The zero-order valence-electron chi connectivity index (χ0n) is 24.3. The summed E-state index contributed by atoms with van der Waals surface area (Å²) in [7, 11) is -0.238. The van der Waals surface area contributed by atoms with E-state index in [1.807, 2.05) is 38.1 Å². The van der Waals surface area contributed by atoms with Crippen LogP contribution in [-0.4, -0.2) is 12.6 Å². The van der Waals surface area contributed by atoms with E-state index in [1.54, 1.807) is 0 Å². The minimum atomic E-state index is -0.821. The Morgan fingerprint density at radius 3 is 2.12 bits per heavy atom. The standard InChI is InChI=1S/C39H33O3S/c1-39(2,35-25-19-29-17-16-27-10-9-11-28-18-24-34(35)38(29)37(27)28)42-36(40)26-41-30-20-22-33(23-21-30)43(31-12-5-3-6-13-31)32-14-7-4-8-15-32/h3-9,11-25,27H,10,26H2,1-2H3/q+1. The fourth-order valence-electron chi connectivity index (χ4n) is 6.28. The molecule has 0 saturated heterocycles. The van der Waals surface area contributed by atoms with Gasteiger partial charge in [0.05, 0.1) is 10.9 Å². The van der Waals surface area contributed by atoms with Crippen LogP contribution in [0, 0.1) is 0 Å². The van der Waals surface area contributed by atoms with Crippen LogP contribution in [0.5, 0.6) is 5.75 Å². The van der Waals surface area contributed by atoms with Crippen molar-refractivity contribution < 1.29 is 14.3 Å². The summed E-state index contributed by atoms with van der Waals surface area (Å²) < 4.78 is 12.0. The highest BCUT2D eigenvalue weighted by molar-refractivity contribution is 7.97. The number of allylic oxidation sites excluding steroid dienone is 2. The van der Waals surface area contributed by atoms with Crippen LogP contribution in [0.15, 0.2) is 136 Å². The van der Waals surface area contributed by atoms with Gasteiger partial charge in [0, 0.05) is 11.5 Å². The van der Waals surface area contributed by atoms with E-state index in [0.717, 1.165) is 17.4 Å². The quantitative estimate of drug-likeness (QED) is 0.135. The molecule has 0 N–H and O–H groups in total. The van der Waals surface area contributed by atoms with Gasteiger partial charge in [0.25, 0.3) is 0 Å². The van der Waals surface area contributed by atoms with Crippen molar-refractivity contribution in [3.63, 3.8) is 0 Å². The van der Waals surface area contributed by atoms with Gasteiger partial charge in [-0.15, -0.1) is 0 Å². The van der Waals surface area contributed by atoms with Crippen molar-refractivity contribution in [1.82, 2.24) is 0 Å². The van der Waals surface area contributed by atoms with Gasteiger partial charge in [-0.1, -0.05) is 85.0 Å². The molecule has 0 bridgehead atoms. The van der Waals surface area contributed by atoms with Crippen molar-refractivity contribution in [2.24, 2.45) is 0 Å². The van der Waals surface area contributed by atoms with E-state index >= 15 is 0 Å². The fourth-order valence-corrected chi connectivity index (χ4v) is 8.37. The van der Waals surface area contributed by atoms with E-state index in [4.69, 9.17) is 9.47 Å². The highest BCUT2D eigenvalue weighted by Crippen LogP contribution is 2.44. The maximum Gasteiger partial charge on any atom is 0.345 e. The molecule has 0 heterocycles. The van der Waals surface area contributed by atoms with E-state index in [2.05, 4.69) is 109 Å². The summed E-state index contributed by atoms with van der Waals surface area (Å²) in [5.41, 5.74) is 4.07. The van der Waals surface area contributed by atoms with Gasteiger partial charge in [-0.3, -0.25) is 0 Å². The summed E-state index contributed by atoms with van der Waals surface area (Å²) in [5.74, 6) is 0.635. The Morgan fingerprint density at radius 2 is 1.42 bits per heavy atom. The van der Waals surface area contributed by atoms with Gasteiger partial charge < -0.3 is 9.47 Å². The van der Waals surface area contributed by atoms with Gasteiger partial charge in [0.2, 0.25) is 0 Å². The molecule has 3 nitrogen and oxygen atoms in total. The molecule has 0 aliphatic heterocycles. The predicted octanol–water partition coefficient (Wildman–Crippen LogP) is 9.32. The number of ether oxygens (including phenoxy) is 2. The summed E-state index contributed by atoms with van der Waals surface area (Å²) in [5, 5.41) is 2.42. The molecule has 0 spiro atoms. The summed E-state index contributed by atoms with van der Waals surface area (Å²) >= 11 is 0. The highest BCUT2D eigenvalue weighted by Gasteiger charge is 2.31. The highest BCUT2D eigenvalue weighted by atomic mass is 32.2. The first-order valence-corrected chi connectivity index (χ1v) is 15.9. The number of rotatable bonds is 8. The van der Waals surface area contributed by atoms with Crippen LogP contribution in [0.2, 0.25) is 0 Å². The molecule has 7 rings (SSSR count). The molecule has 0 saturated carbocycles. The van der Waals surface area contributed by atoms with Crippen molar-refractivity contribution in [3.05, 3.63) is 144 Å². The third-order valence-electron chi connectivity index (χ3n) is 8.25. The first-order valence-electron chi connectivity index (χ1n) is 14.7. The van der Waals surface area contributed by atoms with E-state index in [1.165, 1.54) is 36.8 Å². The Balaban J connectivity index is 1.07. The van der Waals surface area contributed by atoms with Crippen molar-refractivity contribution >= 4 is 39.8 Å². The summed E-state index contributed by atoms with van der Waals surface area (Å²) in [6.45, 7) is 3.76. The second-order valence-electron chi connectivity index (χ2n) is 11.5. The van der Waals surface area contributed by atoms with Gasteiger partial charge in [-0.2, -0.15) is 0 Å². The van der Waals surface area contributed by atoms with E-state index < -0.39 is 11.6 Å². The van der Waals surface area contributed by atoms with Crippen molar-refractivity contribution in [1.29, 1.82) is 0 Å². The normalized spacial score (nSPS) is 15.1.